The molecule has 0 saturated heterocycles. The fourth-order valence-corrected chi connectivity index (χ4v) is 2.10. The van der Waals surface area contributed by atoms with Crippen LogP contribution in [0, 0.1) is 6.92 Å². The number of aryl methyl sites for hydroxylation is 1. The molecule has 0 aliphatic carbocycles. The minimum absolute atomic E-state index is 0.0859. The number of benzene rings is 1. The number of alkyl halides is 3. The van der Waals surface area contributed by atoms with E-state index in [1.807, 2.05) is 6.92 Å². The minimum Gasteiger partial charge on any atom is -0.387 e. The van der Waals surface area contributed by atoms with Gasteiger partial charge in [0.1, 0.15) is 0 Å². The maximum Gasteiger partial charge on any atom is 0.416 e. The molecule has 0 saturated carbocycles. The van der Waals surface area contributed by atoms with Crippen LogP contribution in [0.2, 0.25) is 0 Å². The number of nitrogens with one attached hydrogen (secondary N) is 1. The summed E-state index contributed by atoms with van der Waals surface area (Å²) < 4.78 is 38.0. The van der Waals surface area contributed by atoms with Gasteiger partial charge in [-0.05, 0) is 36.2 Å². The van der Waals surface area contributed by atoms with E-state index in [2.05, 4.69) is 10.3 Å². The van der Waals surface area contributed by atoms with Gasteiger partial charge in [0.15, 0.2) is 0 Å². The van der Waals surface area contributed by atoms with E-state index < -0.39 is 17.8 Å². The maximum absolute atomic E-state index is 12.7. The molecule has 2 N–H and O–H groups in total. The summed E-state index contributed by atoms with van der Waals surface area (Å²) in [6, 6.07) is 7.96. The van der Waals surface area contributed by atoms with Gasteiger partial charge in [-0.2, -0.15) is 13.2 Å². The summed E-state index contributed by atoms with van der Waals surface area (Å²) in [5, 5.41) is 12.5. The molecule has 7 heteroatoms. The van der Waals surface area contributed by atoms with Gasteiger partial charge in [-0.25, -0.2) is 0 Å². The molecule has 1 aromatic carbocycles. The second-order valence-electron chi connectivity index (χ2n) is 5.43. The lowest BCUT2D eigenvalue weighted by atomic mass is 10.1. The number of pyridine rings is 1. The lowest BCUT2D eigenvalue weighted by Crippen LogP contribution is -2.29. The molecular formula is C17H17F3N2O2. The fourth-order valence-electron chi connectivity index (χ4n) is 2.10. The molecule has 0 aliphatic rings. The van der Waals surface area contributed by atoms with Gasteiger partial charge in [0.05, 0.1) is 18.1 Å². The standard InChI is InChI=1S/C17H17F3N2O2/c1-11-5-6-12(9-21-11)7-16(24)22-10-15(23)13-3-2-4-14(8-13)17(18,19)20/h2-6,8-9,15,23H,7,10H2,1H3,(H,22,24)/t15-/m0/s1. The number of aliphatic hydroxyl groups is 1. The first-order chi connectivity index (χ1) is 11.3. The van der Waals surface area contributed by atoms with Crippen LogP contribution in [0.4, 0.5) is 13.2 Å². The molecule has 0 spiro atoms. The Hall–Kier alpha value is -2.41. The SMILES string of the molecule is Cc1ccc(CC(=O)NC[C@H](O)c2cccc(C(F)(F)F)c2)cn1. The molecule has 1 amide bonds. The van der Waals surface area contributed by atoms with Crippen molar-refractivity contribution in [1.82, 2.24) is 10.3 Å². The third-order valence-electron chi connectivity index (χ3n) is 3.43. The Labute approximate surface area is 137 Å². The molecule has 2 rings (SSSR count). The first kappa shape index (κ1) is 17.9. The molecule has 0 unspecified atom stereocenters. The number of rotatable bonds is 5. The van der Waals surface area contributed by atoms with Gasteiger partial charge in [-0.3, -0.25) is 9.78 Å². The lowest BCUT2D eigenvalue weighted by Gasteiger charge is -2.14. The average molecular weight is 338 g/mol. The van der Waals surface area contributed by atoms with E-state index in [4.69, 9.17) is 0 Å². The highest BCUT2D eigenvalue weighted by atomic mass is 19.4. The van der Waals surface area contributed by atoms with Gasteiger partial charge in [0.2, 0.25) is 5.91 Å². The van der Waals surface area contributed by atoms with Gasteiger partial charge in [-0.1, -0.05) is 18.2 Å². The van der Waals surface area contributed by atoms with Crippen LogP contribution in [0.3, 0.4) is 0 Å². The van der Waals surface area contributed by atoms with Crippen molar-refractivity contribution in [3.05, 3.63) is 65.0 Å². The van der Waals surface area contributed by atoms with Crippen LogP contribution < -0.4 is 5.32 Å². The summed E-state index contributed by atoms with van der Waals surface area (Å²) >= 11 is 0. The zero-order valence-electron chi connectivity index (χ0n) is 13.0. The third-order valence-corrected chi connectivity index (χ3v) is 3.43. The number of amides is 1. The summed E-state index contributed by atoms with van der Waals surface area (Å²) in [6.07, 6.45) is -4.02. The van der Waals surface area contributed by atoms with Crippen molar-refractivity contribution in [3.63, 3.8) is 0 Å². The van der Waals surface area contributed by atoms with Crippen molar-refractivity contribution in [1.29, 1.82) is 0 Å². The molecular weight excluding hydrogens is 321 g/mol. The quantitative estimate of drug-likeness (QED) is 0.881. The molecule has 4 nitrogen and oxygen atoms in total. The second-order valence-corrected chi connectivity index (χ2v) is 5.43. The minimum atomic E-state index is -4.47. The van der Waals surface area contributed by atoms with Crippen LogP contribution >= 0.6 is 0 Å². The third kappa shape index (κ3) is 5.06. The van der Waals surface area contributed by atoms with Gasteiger partial charge in [-0.15, -0.1) is 0 Å². The van der Waals surface area contributed by atoms with Gasteiger partial charge in [0, 0.05) is 18.4 Å². The zero-order chi connectivity index (χ0) is 17.7. The highest BCUT2D eigenvalue weighted by Gasteiger charge is 2.30. The van der Waals surface area contributed by atoms with Gasteiger partial charge in [0.25, 0.3) is 0 Å². The lowest BCUT2D eigenvalue weighted by molar-refractivity contribution is -0.137. The smallest absolute Gasteiger partial charge is 0.387 e. The van der Waals surface area contributed by atoms with E-state index >= 15 is 0 Å². The van der Waals surface area contributed by atoms with Crippen molar-refractivity contribution in [2.24, 2.45) is 0 Å². The summed E-state index contributed by atoms with van der Waals surface area (Å²) in [7, 11) is 0. The van der Waals surface area contributed by atoms with E-state index in [9.17, 15) is 23.1 Å². The number of hydrogen-bond acceptors (Lipinski definition) is 3. The van der Waals surface area contributed by atoms with Crippen molar-refractivity contribution >= 4 is 5.91 Å². The van der Waals surface area contributed by atoms with E-state index in [1.165, 1.54) is 12.1 Å². The number of aliphatic hydroxyl groups excluding tert-OH is 1. The largest absolute Gasteiger partial charge is 0.416 e. The Morgan fingerprint density at radius 2 is 2.04 bits per heavy atom. The normalized spacial score (nSPS) is 12.7. The van der Waals surface area contributed by atoms with Crippen LogP contribution in [-0.4, -0.2) is 22.5 Å². The average Bonchev–Trinajstić information content (AvgIpc) is 2.54. The van der Waals surface area contributed by atoms with Crippen LogP contribution in [0.5, 0.6) is 0 Å². The fraction of sp³-hybridized carbons (Fsp3) is 0.294. The number of carbonyl (C=O) groups is 1. The number of halogens is 3. The number of aromatic nitrogens is 1. The summed E-state index contributed by atoms with van der Waals surface area (Å²) in [5.74, 6) is -0.341. The topological polar surface area (TPSA) is 62.2 Å². The van der Waals surface area contributed by atoms with Crippen molar-refractivity contribution in [2.75, 3.05) is 6.54 Å². The highest BCUT2D eigenvalue weighted by Crippen LogP contribution is 2.30. The monoisotopic (exact) mass is 338 g/mol. The molecule has 128 valence electrons. The summed E-state index contributed by atoms with van der Waals surface area (Å²) in [5.41, 5.74) is 0.809. The van der Waals surface area contributed by atoms with Crippen molar-refractivity contribution in [2.45, 2.75) is 25.6 Å². The Morgan fingerprint density at radius 3 is 2.67 bits per heavy atom. The van der Waals surface area contributed by atoms with Crippen LogP contribution in [0.1, 0.15) is 28.5 Å². The van der Waals surface area contributed by atoms with Crippen LogP contribution in [0.25, 0.3) is 0 Å². The first-order valence-corrected chi connectivity index (χ1v) is 7.29. The van der Waals surface area contributed by atoms with Gasteiger partial charge < -0.3 is 10.4 Å². The summed E-state index contributed by atoms with van der Waals surface area (Å²) in [4.78, 5) is 15.9. The Morgan fingerprint density at radius 1 is 1.29 bits per heavy atom. The summed E-state index contributed by atoms with van der Waals surface area (Å²) in [6.45, 7) is 1.66. The van der Waals surface area contributed by atoms with E-state index in [0.717, 1.165) is 17.8 Å². The zero-order valence-corrected chi connectivity index (χ0v) is 13.0. The van der Waals surface area contributed by atoms with E-state index in [0.29, 0.717) is 5.56 Å². The Balaban J connectivity index is 1.91. The number of nitrogens with zero attached hydrogens (tertiary/aromatic N) is 1. The predicted octanol–water partition coefficient (Wildman–Crippen LogP) is 2.80. The van der Waals surface area contributed by atoms with Crippen molar-refractivity contribution < 1.29 is 23.1 Å². The molecule has 0 bridgehead atoms. The highest BCUT2D eigenvalue weighted by molar-refractivity contribution is 5.78. The molecule has 24 heavy (non-hydrogen) atoms. The molecule has 0 aliphatic heterocycles. The molecule has 0 radical (unpaired) electrons. The second kappa shape index (κ2) is 7.44. The molecule has 1 atom stereocenters. The molecule has 0 fully saturated rings. The van der Waals surface area contributed by atoms with E-state index in [-0.39, 0.29) is 24.4 Å². The predicted molar refractivity (Wildman–Crippen MR) is 82.1 cm³/mol. The molecule has 1 heterocycles. The van der Waals surface area contributed by atoms with Crippen LogP contribution in [-0.2, 0) is 17.4 Å². The Kier molecular flexibility index (Phi) is 5.56. The van der Waals surface area contributed by atoms with Gasteiger partial charge >= 0.3 is 6.18 Å². The number of carbonyl (C=O) groups excluding carboxylic acids is 1. The van der Waals surface area contributed by atoms with Crippen molar-refractivity contribution in [3.8, 4) is 0 Å². The molecule has 2 aromatic rings. The number of hydrogen-bond donors (Lipinski definition) is 2. The van der Waals surface area contributed by atoms with E-state index in [1.54, 1.807) is 18.3 Å². The van der Waals surface area contributed by atoms with Crippen LogP contribution in [0.15, 0.2) is 42.6 Å². The Bertz CT molecular complexity index is 700. The molecule has 1 aromatic heterocycles. The first-order valence-electron chi connectivity index (χ1n) is 7.29. The maximum atomic E-state index is 12.7.